The standard InChI is InChI=1S/C21H26N2O/c1-15(16-8-6-9-18(13-16)23-11-4-5-12-23)22-20-14-17-7-2-3-10-19(17)21(20)24/h2-3,6-10,13,15,20-22,24H,4-5,11-12,14H2,1H3. The van der Waals surface area contributed by atoms with Crippen molar-refractivity contribution in [1.29, 1.82) is 0 Å². The monoisotopic (exact) mass is 322 g/mol. The lowest BCUT2D eigenvalue weighted by Gasteiger charge is -2.24. The molecule has 3 atom stereocenters. The van der Waals surface area contributed by atoms with Gasteiger partial charge in [0.15, 0.2) is 0 Å². The van der Waals surface area contributed by atoms with E-state index in [2.05, 4.69) is 53.5 Å². The minimum atomic E-state index is -0.412. The van der Waals surface area contributed by atoms with E-state index in [1.165, 1.54) is 42.7 Å². The molecule has 0 aromatic heterocycles. The van der Waals surface area contributed by atoms with Crippen LogP contribution in [0.1, 0.15) is 48.6 Å². The normalized spacial score (nSPS) is 24.2. The molecule has 3 unspecified atom stereocenters. The molecule has 24 heavy (non-hydrogen) atoms. The quantitative estimate of drug-likeness (QED) is 0.903. The molecule has 0 amide bonds. The molecule has 2 aromatic carbocycles. The lowest BCUT2D eigenvalue weighted by atomic mass is 10.0. The Bertz CT molecular complexity index is 708. The van der Waals surface area contributed by atoms with Gasteiger partial charge >= 0.3 is 0 Å². The number of fused-ring (bicyclic) bond motifs is 1. The summed E-state index contributed by atoms with van der Waals surface area (Å²) in [4.78, 5) is 2.47. The van der Waals surface area contributed by atoms with Crippen molar-refractivity contribution in [3.63, 3.8) is 0 Å². The predicted octanol–water partition coefficient (Wildman–Crippen LogP) is 3.60. The van der Waals surface area contributed by atoms with Gasteiger partial charge in [0, 0.05) is 30.9 Å². The van der Waals surface area contributed by atoms with E-state index >= 15 is 0 Å². The Morgan fingerprint density at radius 3 is 2.67 bits per heavy atom. The van der Waals surface area contributed by atoms with Crippen molar-refractivity contribution in [3.05, 3.63) is 65.2 Å². The third-order valence-corrected chi connectivity index (χ3v) is 5.50. The molecule has 0 saturated carbocycles. The first-order chi connectivity index (χ1) is 11.7. The molecule has 1 heterocycles. The maximum absolute atomic E-state index is 10.6. The Labute approximate surface area is 144 Å². The number of anilines is 1. The van der Waals surface area contributed by atoms with Gasteiger partial charge in [0.05, 0.1) is 6.10 Å². The fourth-order valence-electron chi connectivity index (χ4n) is 4.11. The SMILES string of the molecule is CC(NC1Cc2ccccc2C1O)c1cccc(N2CCCC2)c1. The summed E-state index contributed by atoms with van der Waals surface area (Å²) in [7, 11) is 0. The molecule has 0 spiro atoms. The molecule has 1 aliphatic carbocycles. The van der Waals surface area contributed by atoms with E-state index < -0.39 is 6.10 Å². The maximum atomic E-state index is 10.6. The van der Waals surface area contributed by atoms with Crippen LogP contribution < -0.4 is 10.2 Å². The highest BCUT2D eigenvalue weighted by Crippen LogP contribution is 2.33. The van der Waals surface area contributed by atoms with E-state index in [4.69, 9.17) is 0 Å². The van der Waals surface area contributed by atoms with Crippen LogP contribution in [0.2, 0.25) is 0 Å². The van der Waals surface area contributed by atoms with Crippen LogP contribution in [0.3, 0.4) is 0 Å². The van der Waals surface area contributed by atoms with E-state index in [1.54, 1.807) is 0 Å². The zero-order valence-corrected chi connectivity index (χ0v) is 14.3. The molecule has 3 heteroatoms. The number of rotatable bonds is 4. The van der Waals surface area contributed by atoms with E-state index in [1.807, 2.05) is 12.1 Å². The molecule has 3 nitrogen and oxygen atoms in total. The zero-order chi connectivity index (χ0) is 16.5. The van der Waals surface area contributed by atoms with Gasteiger partial charge in [0.2, 0.25) is 0 Å². The molecule has 4 rings (SSSR count). The van der Waals surface area contributed by atoms with Crippen LogP contribution in [0.15, 0.2) is 48.5 Å². The van der Waals surface area contributed by atoms with Gasteiger partial charge in [-0.2, -0.15) is 0 Å². The highest BCUT2D eigenvalue weighted by molar-refractivity contribution is 5.50. The highest BCUT2D eigenvalue weighted by Gasteiger charge is 2.31. The van der Waals surface area contributed by atoms with E-state index in [-0.39, 0.29) is 12.1 Å². The van der Waals surface area contributed by atoms with Gasteiger partial charge in [-0.3, -0.25) is 0 Å². The van der Waals surface area contributed by atoms with Crippen molar-refractivity contribution in [2.45, 2.75) is 44.4 Å². The third kappa shape index (κ3) is 2.94. The average Bonchev–Trinajstić information content (AvgIpc) is 3.25. The van der Waals surface area contributed by atoms with Gasteiger partial charge < -0.3 is 15.3 Å². The number of nitrogens with one attached hydrogen (secondary N) is 1. The number of hydrogen-bond donors (Lipinski definition) is 2. The first-order valence-corrected chi connectivity index (χ1v) is 9.09. The van der Waals surface area contributed by atoms with Crippen molar-refractivity contribution < 1.29 is 5.11 Å². The predicted molar refractivity (Wildman–Crippen MR) is 98.3 cm³/mol. The fraction of sp³-hybridized carbons (Fsp3) is 0.429. The minimum Gasteiger partial charge on any atom is -0.387 e. The average molecular weight is 322 g/mol. The van der Waals surface area contributed by atoms with Crippen LogP contribution in [0, 0.1) is 0 Å². The molecular weight excluding hydrogens is 296 g/mol. The zero-order valence-electron chi connectivity index (χ0n) is 14.3. The van der Waals surface area contributed by atoms with Crippen molar-refractivity contribution in [2.24, 2.45) is 0 Å². The number of aliphatic hydroxyl groups excluding tert-OH is 1. The second kappa shape index (κ2) is 6.58. The molecule has 0 bridgehead atoms. The topological polar surface area (TPSA) is 35.5 Å². The van der Waals surface area contributed by atoms with Gasteiger partial charge in [-0.25, -0.2) is 0 Å². The molecule has 1 aliphatic heterocycles. The third-order valence-electron chi connectivity index (χ3n) is 5.50. The lowest BCUT2D eigenvalue weighted by molar-refractivity contribution is 0.136. The number of aliphatic hydroxyl groups is 1. The Morgan fingerprint density at radius 2 is 1.88 bits per heavy atom. The molecule has 2 N–H and O–H groups in total. The Morgan fingerprint density at radius 1 is 1.08 bits per heavy atom. The van der Waals surface area contributed by atoms with Crippen LogP contribution in [0.5, 0.6) is 0 Å². The highest BCUT2D eigenvalue weighted by atomic mass is 16.3. The van der Waals surface area contributed by atoms with Gasteiger partial charge in [-0.15, -0.1) is 0 Å². The molecule has 126 valence electrons. The maximum Gasteiger partial charge on any atom is 0.0949 e. The Hall–Kier alpha value is -1.84. The van der Waals surface area contributed by atoms with Crippen LogP contribution >= 0.6 is 0 Å². The van der Waals surface area contributed by atoms with Crippen molar-refractivity contribution in [3.8, 4) is 0 Å². The number of nitrogens with zero attached hydrogens (tertiary/aromatic N) is 1. The second-order valence-corrected chi connectivity index (χ2v) is 7.13. The summed E-state index contributed by atoms with van der Waals surface area (Å²) in [6.45, 7) is 4.53. The first-order valence-electron chi connectivity index (χ1n) is 9.09. The van der Waals surface area contributed by atoms with Gasteiger partial charge in [-0.1, -0.05) is 36.4 Å². The number of hydrogen-bond acceptors (Lipinski definition) is 3. The minimum absolute atomic E-state index is 0.0906. The van der Waals surface area contributed by atoms with E-state index in [0.29, 0.717) is 0 Å². The molecule has 1 saturated heterocycles. The smallest absolute Gasteiger partial charge is 0.0949 e. The van der Waals surface area contributed by atoms with Crippen molar-refractivity contribution >= 4 is 5.69 Å². The van der Waals surface area contributed by atoms with Gasteiger partial charge in [-0.05, 0) is 55.0 Å². The largest absolute Gasteiger partial charge is 0.387 e. The second-order valence-electron chi connectivity index (χ2n) is 7.13. The van der Waals surface area contributed by atoms with Crippen LogP contribution in [0.25, 0.3) is 0 Å². The van der Waals surface area contributed by atoms with Crippen LogP contribution in [-0.2, 0) is 6.42 Å². The summed E-state index contributed by atoms with van der Waals surface area (Å²) in [6, 6.07) is 17.4. The van der Waals surface area contributed by atoms with Crippen LogP contribution in [0.4, 0.5) is 5.69 Å². The van der Waals surface area contributed by atoms with E-state index in [0.717, 1.165) is 12.0 Å². The summed E-state index contributed by atoms with van der Waals surface area (Å²) < 4.78 is 0. The van der Waals surface area contributed by atoms with Gasteiger partial charge in [0.25, 0.3) is 0 Å². The van der Waals surface area contributed by atoms with Crippen molar-refractivity contribution in [2.75, 3.05) is 18.0 Å². The summed E-state index contributed by atoms with van der Waals surface area (Å²) in [6.07, 6.45) is 3.08. The summed E-state index contributed by atoms with van der Waals surface area (Å²) in [5.74, 6) is 0. The van der Waals surface area contributed by atoms with Crippen molar-refractivity contribution in [1.82, 2.24) is 5.32 Å². The summed E-state index contributed by atoms with van der Waals surface area (Å²) in [5.41, 5.74) is 4.96. The van der Waals surface area contributed by atoms with Crippen LogP contribution in [-0.4, -0.2) is 24.2 Å². The van der Waals surface area contributed by atoms with E-state index in [9.17, 15) is 5.11 Å². The molecular formula is C21H26N2O. The summed E-state index contributed by atoms with van der Waals surface area (Å²) in [5, 5.41) is 14.2. The molecule has 2 aromatic rings. The Balaban J connectivity index is 1.47. The van der Waals surface area contributed by atoms with Gasteiger partial charge in [0.1, 0.15) is 0 Å². The number of benzene rings is 2. The Kier molecular flexibility index (Phi) is 4.30. The lowest BCUT2D eigenvalue weighted by Crippen LogP contribution is -2.35. The molecule has 0 radical (unpaired) electrons. The fourth-order valence-corrected chi connectivity index (χ4v) is 4.11. The molecule has 1 fully saturated rings. The summed E-state index contributed by atoms with van der Waals surface area (Å²) >= 11 is 0. The molecule has 2 aliphatic rings. The first kappa shape index (κ1) is 15.7.